The number of sulfonamides is 1. The smallest absolute Gasteiger partial charge is 0.328 e. The van der Waals surface area contributed by atoms with Crippen LogP contribution in [0.1, 0.15) is 34.7 Å². The van der Waals surface area contributed by atoms with E-state index in [0.717, 1.165) is 40.3 Å². The number of hydrogen-bond acceptors (Lipinski definition) is 3. The van der Waals surface area contributed by atoms with Gasteiger partial charge in [-0.1, -0.05) is 35.9 Å². The fraction of sp³-hybridized carbons (Fsp3) is 0.316. The zero-order chi connectivity index (χ0) is 17.6. The molecule has 5 nitrogen and oxygen atoms in total. The van der Waals surface area contributed by atoms with E-state index in [1.165, 1.54) is 5.56 Å². The highest BCUT2D eigenvalue weighted by Crippen LogP contribution is 2.29. The monoisotopic (exact) mass is 356 g/mol. The summed E-state index contributed by atoms with van der Waals surface area (Å²) in [6.07, 6.45) is 2.95. The predicted octanol–water partition coefficient (Wildman–Crippen LogP) is 2.94. The van der Waals surface area contributed by atoms with Crippen LogP contribution in [0.25, 0.3) is 0 Å². The summed E-state index contributed by atoms with van der Waals surface area (Å²) < 4.78 is 26.8. The van der Waals surface area contributed by atoms with Crippen molar-refractivity contribution in [3.05, 3.63) is 64.7 Å². The number of carbonyl (C=O) groups is 1. The molecule has 2 aliphatic rings. The van der Waals surface area contributed by atoms with Crippen molar-refractivity contribution in [1.29, 1.82) is 0 Å². The number of aryl methyl sites for hydroxylation is 3. The van der Waals surface area contributed by atoms with Gasteiger partial charge >= 0.3 is 6.03 Å². The summed E-state index contributed by atoms with van der Waals surface area (Å²) in [6, 6.07) is 12.1. The lowest BCUT2D eigenvalue weighted by atomic mass is 10.1. The molecule has 1 aliphatic carbocycles. The molecule has 0 bridgehead atoms. The van der Waals surface area contributed by atoms with E-state index < -0.39 is 16.1 Å². The number of hydrogen-bond donors (Lipinski definition) is 1. The summed E-state index contributed by atoms with van der Waals surface area (Å²) in [6.45, 7) is 2.10. The molecule has 1 N–H and O–H groups in total. The maximum atomic E-state index is 12.9. The van der Waals surface area contributed by atoms with E-state index in [4.69, 9.17) is 0 Å². The van der Waals surface area contributed by atoms with Crippen LogP contribution in [0.5, 0.6) is 0 Å². The van der Waals surface area contributed by atoms with Crippen LogP contribution in [0.2, 0.25) is 0 Å². The van der Waals surface area contributed by atoms with Crippen LogP contribution in [0, 0.1) is 6.92 Å². The number of nitrogens with one attached hydrogen (secondary N) is 1. The zero-order valence-corrected chi connectivity index (χ0v) is 14.8. The van der Waals surface area contributed by atoms with E-state index >= 15 is 0 Å². The highest BCUT2D eigenvalue weighted by molar-refractivity contribution is 7.89. The van der Waals surface area contributed by atoms with E-state index in [9.17, 15) is 13.2 Å². The van der Waals surface area contributed by atoms with Gasteiger partial charge < -0.3 is 5.32 Å². The standard InChI is InChI=1S/C19H20N2O3S/c1-13-5-7-15(8-6-13)18-12-21(19(22)20-18)25(23,24)17-10-9-14-3-2-4-16(14)11-17/h5-11,18H,2-4,12H2,1H3,(H,20,22). The van der Waals surface area contributed by atoms with E-state index in [1.54, 1.807) is 12.1 Å². The summed E-state index contributed by atoms with van der Waals surface area (Å²) in [7, 11) is -3.84. The quantitative estimate of drug-likeness (QED) is 0.919. The first-order chi connectivity index (χ1) is 11.9. The van der Waals surface area contributed by atoms with E-state index in [2.05, 4.69) is 5.32 Å². The van der Waals surface area contributed by atoms with Crippen molar-refractivity contribution >= 4 is 16.1 Å². The second-order valence-corrected chi connectivity index (χ2v) is 8.60. The molecule has 0 saturated carbocycles. The van der Waals surface area contributed by atoms with Gasteiger partial charge in [-0.2, -0.15) is 0 Å². The number of benzene rings is 2. The van der Waals surface area contributed by atoms with Crippen LogP contribution >= 0.6 is 0 Å². The van der Waals surface area contributed by atoms with Gasteiger partial charge in [-0.15, -0.1) is 0 Å². The molecule has 1 heterocycles. The van der Waals surface area contributed by atoms with E-state index in [-0.39, 0.29) is 17.5 Å². The SMILES string of the molecule is Cc1ccc(C2CN(S(=O)(=O)c3ccc4c(c3)CCC4)C(=O)N2)cc1. The average molecular weight is 356 g/mol. The van der Waals surface area contributed by atoms with Gasteiger partial charge in [0, 0.05) is 0 Å². The van der Waals surface area contributed by atoms with E-state index in [1.807, 2.05) is 37.3 Å². The molecule has 0 radical (unpaired) electrons. The Morgan fingerprint density at radius 2 is 1.76 bits per heavy atom. The second-order valence-electron chi connectivity index (χ2n) is 6.73. The van der Waals surface area contributed by atoms with Crippen molar-refractivity contribution in [1.82, 2.24) is 9.62 Å². The zero-order valence-electron chi connectivity index (χ0n) is 14.0. The molecule has 2 amide bonds. The second kappa shape index (κ2) is 5.88. The van der Waals surface area contributed by atoms with Crippen LogP contribution in [-0.4, -0.2) is 25.3 Å². The van der Waals surface area contributed by atoms with Gasteiger partial charge in [-0.3, -0.25) is 0 Å². The maximum absolute atomic E-state index is 12.9. The van der Waals surface area contributed by atoms with Gasteiger partial charge in [0.2, 0.25) is 0 Å². The molecule has 1 aliphatic heterocycles. The lowest BCUT2D eigenvalue weighted by Gasteiger charge is -2.16. The van der Waals surface area contributed by atoms with Crippen molar-refractivity contribution in [3.8, 4) is 0 Å². The molecule has 130 valence electrons. The predicted molar refractivity (Wildman–Crippen MR) is 94.8 cm³/mol. The molecule has 0 aromatic heterocycles. The summed E-state index contributed by atoms with van der Waals surface area (Å²) in [4.78, 5) is 12.5. The van der Waals surface area contributed by atoms with Gasteiger partial charge in [0.25, 0.3) is 10.0 Å². The number of urea groups is 1. The van der Waals surface area contributed by atoms with Crippen LogP contribution in [0.15, 0.2) is 47.4 Å². The molecule has 6 heteroatoms. The summed E-state index contributed by atoms with van der Waals surface area (Å²) in [5, 5.41) is 2.78. The first kappa shape index (κ1) is 16.1. The first-order valence-corrected chi connectivity index (χ1v) is 9.91. The van der Waals surface area contributed by atoms with Gasteiger partial charge in [0.15, 0.2) is 0 Å². The van der Waals surface area contributed by atoms with Crippen molar-refractivity contribution in [2.45, 2.75) is 37.1 Å². The third-order valence-corrected chi connectivity index (χ3v) is 6.76. The number of rotatable bonds is 3. The minimum absolute atomic E-state index is 0.112. The van der Waals surface area contributed by atoms with Crippen molar-refractivity contribution in [2.24, 2.45) is 0 Å². The number of fused-ring (bicyclic) bond motifs is 1. The largest absolute Gasteiger partial charge is 0.331 e. The molecule has 2 aromatic carbocycles. The van der Waals surface area contributed by atoms with Crippen LogP contribution in [-0.2, 0) is 22.9 Å². The molecule has 1 unspecified atom stereocenters. The summed E-state index contributed by atoms with van der Waals surface area (Å²) >= 11 is 0. The lowest BCUT2D eigenvalue weighted by molar-refractivity contribution is 0.235. The molecular weight excluding hydrogens is 336 g/mol. The highest BCUT2D eigenvalue weighted by Gasteiger charge is 2.38. The topological polar surface area (TPSA) is 66.5 Å². The van der Waals surface area contributed by atoms with Gasteiger partial charge in [0.05, 0.1) is 17.5 Å². The lowest BCUT2D eigenvalue weighted by Crippen LogP contribution is -2.34. The average Bonchev–Trinajstić information content (AvgIpc) is 3.21. The van der Waals surface area contributed by atoms with Gasteiger partial charge in [-0.25, -0.2) is 17.5 Å². The molecule has 0 spiro atoms. The maximum Gasteiger partial charge on any atom is 0.331 e. The Morgan fingerprint density at radius 1 is 1.04 bits per heavy atom. The van der Waals surface area contributed by atoms with Gasteiger partial charge in [0.1, 0.15) is 0 Å². The Bertz CT molecular complexity index is 936. The highest BCUT2D eigenvalue weighted by atomic mass is 32.2. The van der Waals surface area contributed by atoms with Crippen LogP contribution in [0.4, 0.5) is 4.79 Å². The molecule has 25 heavy (non-hydrogen) atoms. The minimum atomic E-state index is -3.84. The van der Waals surface area contributed by atoms with Crippen molar-refractivity contribution in [2.75, 3.05) is 6.54 Å². The Labute approximate surface area is 147 Å². The number of nitrogens with zero attached hydrogens (tertiary/aromatic N) is 1. The Balaban J connectivity index is 1.62. The van der Waals surface area contributed by atoms with E-state index in [0.29, 0.717) is 0 Å². The normalized spacial score (nSPS) is 19.8. The molecule has 1 saturated heterocycles. The molecule has 1 atom stereocenters. The van der Waals surface area contributed by atoms with Crippen molar-refractivity contribution in [3.63, 3.8) is 0 Å². The molecular formula is C19H20N2O3S. The summed E-state index contributed by atoms with van der Waals surface area (Å²) in [5.41, 5.74) is 4.32. The first-order valence-electron chi connectivity index (χ1n) is 8.47. The fourth-order valence-electron chi connectivity index (χ4n) is 3.55. The Kier molecular flexibility index (Phi) is 3.80. The fourth-order valence-corrected chi connectivity index (χ4v) is 4.95. The van der Waals surface area contributed by atoms with Crippen LogP contribution < -0.4 is 5.32 Å². The Morgan fingerprint density at radius 3 is 2.52 bits per heavy atom. The third kappa shape index (κ3) is 2.80. The minimum Gasteiger partial charge on any atom is -0.328 e. The summed E-state index contributed by atoms with van der Waals surface area (Å²) in [5.74, 6) is 0. The third-order valence-electron chi connectivity index (χ3n) is 5.01. The molecule has 1 fully saturated rings. The molecule has 2 aromatic rings. The molecule has 4 rings (SSSR count). The number of carbonyl (C=O) groups excluding carboxylic acids is 1. The van der Waals surface area contributed by atoms with Crippen LogP contribution in [0.3, 0.4) is 0 Å². The number of amides is 2. The Hall–Kier alpha value is -2.34. The van der Waals surface area contributed by atoms with Crippen molar-refractivity contribution < 1.29 is 13.2 Å². The van der Waals surface area contributed by atoms with Gasteiger partial charge in [-0.05, 0) is 55.0 Å².